The van der Waals surface area contributed by atoms with Gasteiger partial charge in [0.2, 0.25) is 0 Å². The van der Waals surface area contributed by atoms with Crippen LogP contribution in [0.4, 0.5) is 10.1 Å². The van der Waals surface area contributed by atoms with E-state index >= 15 is 0 Å². The van der Waals surface area contributed by atoms with Gasteiger partial charge in [-0.2, -0.15) is 0 Å². The van der Waals surface area contributed by atoms with Crippen LogP contribution in [-0.4, -0.2) is 17.9 Å². The zero-order valence-electron chi connectivity index (χ0n) is 9.60. The molecule has 0 saturated carbocycles. The van der Waals surface area contributed by atoms with Gasteiger partial charge in [0.05, 0.1) is 10.6 Å². The Labute approximate surface area is 109 Å². The highest BCUT2D eigenvalue weighted by atomic mass is 35.5. The number of hydrogen-bond acceptors (Lipinski definition) is 2. The van der Waals surface area contributed by atoms with Crippen molar-refractivity contribution in [3.8, 4) is 0 Å². The Balaban J connectivity index is 2.32. The largest absolute Gasteiger partial charge is 0.311 e. The smallest absolute Gasteiger partial charge is 0.261 e. The Morgan fingerprint density at radius 2 is 2.17 bits per heavy atom. The number of hydrogen-bond donors (Lipinski definition) is 0. The van der Waals surface area contributed by atoms with Gasteiger partial charge in [0.1, 0.15) is 5.82 Å². The lowest BCUT2D eigenvalue weighted by Gasteiger charge is -2.17. The molecule has 0 unspecified atom stereocenters. The molecule has 1 aromatic heterocycles. The molecule has 0 radical (unpaired) electrons. The van der Waals surface area contributed by atoms with Gasteiger partial charge in [-0.25, -0.2) is 4.39 Å². The first-order chi connectivity index (χ1) is 8.59. The summed E-state index contributed by atoms with van der Waals surface area (Å²) in [4.78, 5) is 17.3. The molecule has 0 fully saturated rings. The summed E-state index contributed by atoms with van der Waals surface area (Å²) in [5, 5.41) is 0.318. The molecule has 1 aromatic carbocycles. The number of halogens is 2. The number of rotatable bonds is 2. The quantitative estimate of drug-likeness (QED) is 0.835. The lowest BCUT2D eigenvalue weighted by atomic mass is 10.2. The third kappa shape index (κ3) is 2.49. The van der Waals surface area contributed by atoms with Crippen molar-refractivity contribution in [1.29, 1.82) is 0 Å². The average molecular weight is 265 g/mol. The third-order valence-corrected chi connectivity index (χ3v) is 2.83. The molecule has 0 aliphatic heterocycles. The molecule has 18 heavy (non-hydrogen) atoms. The van der Waals surface area contributed by atoms with Crippen LogP contribution in [0.25, 0.3) is 0 Å². The van der Waals surface area contributed by atoms with E-state index in [1.807, 2.05) is 0 Å². The average Bonchev–Trinajstić information content (AvgIpc) is 2.37. The highest BCUT2D eigenvalue weighted by Crippen LogP contribution is 2.20. The summed E-state index contributed by atoms with van der Waals surface area (Å²) < 4.78 is 13.1. The number of amides is 1. The zero-order valence-corrected chi connectivity index (χ0v) is 10.4. The van der Waals surface area contributed by atoms with Crippen molar-refractivity contribution in [2.75, 3.05) is 11.9 Å². The molecular weight excluding hydrogens is 255 g/mol. The van der Waals surface area contributed by atoms with Gasteiger partial charge in [-0.15, -0.1) is 0 Å². The Hall–Kier alpha value is -1.94. The van der Waals surface area contributed by atoms with Crippen molar-refractivity contribution in [2.24, 2.45) is 0 Å². The van der Waals surface area contributed by atoms with Crippen molar-refractivity contribution >= 4 is 23.2 Å². The van der Waals surface area contributed by atoms with E-state index in [-0.39, 0.29) is 11.5 Å². The van der Waals surface area contributed by atoms with Gasteiger partial charge < -0.3 is 4.90 Å². The monoisotopic (exact) mass is 264 g/mol. The molecule has 92 valence electrons. The maximum absolute atomic E-state index is 13.1. The first kappa shape index (κ1) is 12.5. The van der Waals surface area contributed by atoms with Crippen LogP contribution in [-0.2, 0) is 0 Å². The van der Waals surface area contributed by atoms with E-state index in [1.165, 1.54) is 35.5 Å². The molecular formula is C13H10ClFN2O. The van der Waals surface area contributed by atoms with E-state index in [0.717, 1.165) is 0 Å². The molecule has 0 N–H and O–H groups in total. The Morgan fingerprint density at radius 3 is 2.83 bits per heavy atom. The third-order valence-electron chi connectivity index (χ3n) is 2.50. The standard InChI is InChI=1S/C13H10ClFN2O/c1-17(10-4-2-3-9(15)7-10)13(18)11-8-16-6-5-12(11)14/h2-8H,1H3. The molecule has 0 aliphatic rings. The van der Waals surface area contributed by atoms with Gasteiger partial charge in [-0.05, 0) is 24.3 Å². The SMILES string of the molecule is CN(C(=O)c1cnccc1Cl)c1cccc(F)c1. The highest BCUT2D eigenvalue weighted by molar-refractivity contribution is 6.34. The summed E-state index contributed by atoms with van der Waals surface area (Å²) in [7, 11) is 1.56. The van der Waals surface area contributed by atoms with E-state index < -0.39 is 5.82 Å². The summed E-state index contributed by atoms with van der Waals surface area (Å²) in [6.45, 7) is 0. The van der Waals surface area contributed by atoms with Crippen LogP contribution in [0.1, 0.15) is 10.4 Å². The highest BCUT2D eigenvalue weighted by Gasteiger charge is 2.16. The van der Waals surface area contributed by atoms with Crippen molar-refractivity contribution < 1.29 is 9.18 Å². The molecule has 0 atom stereocenters. The van der Waals surface area contributed by atoms with Gasteiger partial charge in [0.25, 0.3) is 5.91 Å². The molecule has 1 amide bonds. The Bertz CT molecular complexity index is 589. The first-order valence-electron chi connectivity index (χ1n) is 5.22. The predicted octanol–water partition coefficient (Wildman–Crippen LogP) is 3.15. The normalized spacial score (nSPS) is 10.2. The number of aromatic nitrogens is 1. The number of carbonyl (C=O) groups excluding carboxylic acids is 1. The van der Waals surface area contributed by atoms with Crippen molar-refractivity contribution in [3.63, 3.8) is 0 Å². The summed E-state index contributed by atoms with van der Waals surface area (Å²) in [6.07, 6.45) is 2.89. The fourth-order valence-corrected chi connectivity index (χ4v) is 1.70. The molecule has 0 spiro atoms. The zero-order chi connectivity index (χ0) is 13.1. The predicted molar refractivity (Wildman–Crippen MR) is 68.4 cm³/mol. The lowest BCUT2D eigenvalue weighted by Crippen LogP contribution is -2.26. The van der Waals surface area contributed by atoms with Crippen LogP contribution in [0, 0.1) is 5.82 Å². The molecule has 0 aliphatic carbocycles. The molecule has 0 saturated heterocycles. The molecule has 2 rings (SSSR count). The molecule has 0 bridgehead atoms. The summed E-state index contributed by atoms with van der Waals surface area (Å²) in [6, 6.07) is 7.32. The summed E-state index contributed by atoms with van der Waals surface area (Å²) in [5.41, 5.74) is 0.742. The van der Waals surface area contributed by atoms with Crippen molar-refractivity contribution in [2.45, 2.75) is 0 Å². The molecule has 2 aromatic rings. The second-order valence-electron chi connectivity index (χ2n) is 3.70. The van der Waals surface area contributed by atoms with Gasteiger partial charge in [-0.3, -0.25) is 9.78 Å². The molecule has 5 heteroatoms. The molecule has 3 nitrogen and oxygen atoms in total. The van der Waals surface area contributed by atoms with Gasteiger partial charge in [0.15, 0.2) is 0 Å². The van der Waals surface area contributed by atoms with E-state index in [2.05, 4.69) is 4.98 Å². The van der Waals surface area contributed by atoms with Gasteiger partial charge in [-0.1, -0.05) is 17.7 Å². The van der Waals surface area contributed by atoms with Gasteiger partial charge in [0, 0.05) is 25.1 Å². The number of anilines is 1. The number of carbonyl (C=O) groups is 1. The van der Waals surface area contributed by atoms with Crippen molar-refractivity contribution in [3.05, 3.63) is 59.1 Å². The molecule has 1 heterocycles. The topological polar surface area (TPSA) is 33.2 Å². The van der Waals surface area contributed by atoms with E-state index in [0.29, 0.717) is 10.7 Å². The number of benzene rings is 1. The number of nitrogens with zero attached hydrogens (tertiary/aromatic N) is 2. The van der Waals surface area contributed by atoms with Crippen molar-refractivity contribution in [1.82, 2.24) is 4.98 Å². The number of pyridine rings is 1. The minimum absolute atomic E-state index is 0.283. The fourth-order valence-electron chi connectivity index (χ4n) is 1.52. The summed E-state index contributed by atoms with van der Waals surface area (Å²) in [5.74, 6) is -0.733. The van der Waals surface area contributed by atoms with Gasteiger partial charge >= 0.3 is 0 Å². The minimum Gasteiger partial charge on any atom is -0.311 e. The maximum atomic E-state index is 13.1. The second-order valence-corrected chi connectivity index (χ2v) is 4.11. The van der Waals surface area contributed by atoms with Crippen LogP contribution in [0.2, 0.25) is 5.02 Å². The van der Waals surface area contributed by atoms with E-state index in [1.54, 1.807) is 19.2 Å². The van der Waals surface area contributed by atoms with Crippen LogP contribution in [0.15, 0.2) is 42.7 Å². The minimum atomic E-state index is -0.399. The second kappa shape index (κ2) is 5.14. The maximum Gasteiger partial charge on any atom is 0.261 e. The van der Waals surface area contributed by atoms with Crippen LogP contribution in [0.5, 0.6) is 0 Å². The fraction of sp³-hybridized carbons (Fsp3) is 0.0769. The Morgan fingerprint density at radius 1 is 1.39 bits per heavy atom. The Kier molecular flexibility index (Phi) is 3.58. The van der Waals surface area contributed by atoms with E-state index in [9.17, 15) is 9.18 Å². The first-order valence-corrected chi connectivity index (χ1v) is 5.60. The van der Waals surface area contributed by atoms with Crippen LogP contribution >= 0.6 is 11.6 Å². The van der Waals surface area contributed by atoms with Crippen LogP contribution < -0.4 is 4.90 Å². The lowest BCUT2D eigenvalue weighted by molar-refractivity contribution is 0.0993. The van der Waals surface area contributed by atoms with E-state index in [4.69, 9.17) is 11.6 Å². The van der Waals surface area contributed by atoms with Crippen LogP contribution in [0.3, 0.4) is 0 Å². The summed E-state index contributed by atoms with van der Waals surface area (Å²) >= 11 is 5.92.